The number of hydrogen-bond donors (Lipinski definition) is 0. The van der Waals surface area contributed by atoms with Gasteiger partial charge in [-0.05, 0) is 36.2 Å². The van der Waals surface area contributed by atoms with Gasteiger partial charge in [0, 0.05) is 24.9 Å². The summed E-state index contributed by atoms with van der Waals surface area (Å²) < 4.78 is 10.9. The van der Waals surface area contributed by atoms with Gasteiger partial charge in [-0.2, -0.15) is 5.10 Å². The van der Waals surface area contributed by atoms with Crippen LogP contribution in [0.3, 0.4) is 0 Å². The molecule has 0 fully saturated rings. The highest BCUT2D eigenvalue weighted by molar-refractivity contribution is 6.44. The van der Waals surface area contributed by atoms with Gasteiger partial charge in [-0.15, -0.1) is 0 Å². The first kappa shape index (κ1) is 17.6. The number of para-hydroxylation sites is 1. The van der Waals surface area contributed by atoms with Crippen molar-refractivity contribution in [1.29, 1.82) is 0 Å². The lowest BCUT2D eigenvalue weighted by Crippen LogP contribution is -2.35. The lowest BCUT2D eigenvalue weighted by Gasteiger charge is -2.23. The second kappa shape index (κ2) is 7.16. The van der Waals surface area contributed by atoms with Crippen molar-refractivity contribution in [2.75, 3.05) is 18.3 Å². The van der Waals surface area contributed by atoms with Crippen molar-refractivity contribution in [3.05, 3.63) is 53.6 Å². The topological polar surface area (TPSA) is 80.6 Å². The van der Waals surface area contributed by atoms with Crippen molar-refractivity contribution in [3.8, 4) is 11.5 Å². The molecule has 2 aromatic rings. The molecule has 2 aromatic carbocycles. The number of ketones is 1. The molecule has 0 unspecified atom stereocenters. The molecule has 29 heavy (non-hydrogen) atoms. The molecule has 3 aliphatic heterocycles. The Morgan fingerprint density at radius 1 is 1.03 bits per heavy atom. The third-order valence-corrected chi connectivity index (χ3v) is 5.28. The highest BCUT2D eigenvalue weighted by atomic mass is 16.7. The number of anilines is 1. The van der Waals surface area contributed by atoms with Crippen molar-refractivity contribution in [3.63, 3.8) is 0 Å². The predicted molar refractivity (Wildman–Crippen MR) is 108 cm³/mol. The molecule has 1 amide bonds. The Bertz CT molecular complexity index is 1060. The van der Waals surface area contributed by atoms with Crippen LogP contribution >= 0.6 is 0 Å². The number of nitrogens with zero attached hydrogens (tertiary/aromatic N) is 3. The number of benzene rings is 2. The van der Waals surface area contributed by atoms with Crippen LogP contribution in [0.2, 0.25) is 0 Å². The second-order valence-electron chi connectivity index (χ2n) is 7.13. The first-order chi connectivity index (χ1) is 14.2. The van der Waals surface area contributed by atoms with E-state index in [1.54, 1.807) is 12.1 Å². The number of ether oxygens (including phenoxy) is 2. The zero-order valence-corrected chi connectivity index (χ0v) is 15.8. The number of rotatable bonds is 4. The Kier molecular flexibility index (Phi) is 4.35. The van der Waals surface area contributed by atoms with Crippen LogP contribution < -0.4 is 14.5 Å². The van der Waals surface area contributed by atoms with E-state index in [9.17, 15) is 9.59 Å². The Morgan fingerprint density at radius 2 is 1.83 bits per heavy atom. The monoisotopic (exact) mass is 389 g/mol. The van der Waals surface area contributed by atoms with Crippen LogP contribution in [-0.2, 0) is 16.0 Å². The fourth-order valence-corrected chi connectivity index (χ4v) is 3.79. The SMILES string of the molecule is O=C(CC1=NCCc2cc3c(cc21)OCO3)C1=NN(c2ccccc2)C(=O)CC1. The smallest absolute Gasteiger partial charge is 0.247 e. The molecule has 5 rings (SSSR count). The summed E-state index contributed by atoms with van der Waals surface area (Å²) in [6, 6.07) is 13.0. The van der Waals surface area contributed by atoms with Gasteiger partial charge < -0.3 is 9.47 Å². The number of fused-ring (bicyclic) bond motifs is 2. The van der Waals surface area contributed by atoms with E-state index in [-0.39, 0.29) is 31.3 Å². The van der Waals surface area contributed by atoms with Gasteiger partial charge in [0.1, 0.15) is 5.71 Å². The summed E-state index contributed by atoms with van der Waals surface area (Å²) in [4.78, 5) is 29.9. The van der Waals surface area contributed by atoms with E-state index in [1.165, 1.54) is 5.01 Å². The zero-order valence-electron chi connectivity index (χ0n) is 15.8. The number of carbonyl (C=O) groups excluding carboxylic acids is 2. The fraction of sp³-hybridized carbons (Fsp3) is 0.273. The number of hydrazone groups is 1. The Labute approximate surface area is 167 Å². The Morgan fingerprint density at radius 3 is 2.66 bits per heavy atom. The third kappa shape index (κ3) is 3.29. The van der Waals surface area contributed by atoms with Gasteiger partial charge in [0.15, 0.2) is 17.3 Å². The van der Waals surface area contributed by atoms with Crippen LogP contribution in [0.25, 0.3) is 0 Å². The van der Waals surface area contributed by atoms with Crippen LogP contribution in [0, 0.1) is 0 Å². The highest BCUT2D eigenvalue weighted by Crippen LogP contribution is 2.36. The van der Waals surface area contributed by atoms with E-state index < -0.39 is 0 Å². The quantitative estimate of drug-likeness (QED) is 0.805. The molecular weight excluding hydrogens is 370 g/mol. The van der Waals surface area contributed by atoms with Crippen LogP contribution in [0.15, 0.2) is 52.6 Å². The molecule has 0 aliphatic carbocycles. The van der Waals surface area contributed by atoms with E-state index in [2.05, 4.69) is 10.1 Å². The molecule has 0 bridgehead atoms. The molecule has 0 saturated heterocycles. The van der Waals surface area contributed by atoms with Crippen LogP contribution in [0.5, 0.6) is 11.5 Å². The lowest BCUT2D eigenvalue weighted by atomic mass is 9.92. The van der Waals surface area contributed by atoms with Crippen molar-refractivity contribution in [2.24, 2.45) is 10.1 Å². The van der Waals surface area contributed by atoms with Crippen molar-refractivity contribution >= 4 is 28.8 Å². The maximum Gasteiger partial charge on any atom is 0.247 e. The largest absolute Gasteiger partial charge is 0.454 e. The number of Topliss-reactive ketones (excluding diaryl/α,β-unsaturated/α-hetero) is 1. The standard InChI is InChI=1S/C22H19N3O4/c26-19(17-6-7-22(27)25(24-17)15-4-2-1-3-5-15)12-18-16-11-21-20(28-13-29-21)10-14(16)8-9-23-18/h1-5,10-11H,6-9,12-13H2. The van der Waals surface area contributed by atoms with Gasteiger partial charge in [-0.25, -0.2) is 5.01 Å². The molecule has 3 heterocycles. The van der Waals surface area contributed by atoms with Gasteiger partial charge >= 0.3 is 0 Å². The number of carbonyl (C=O) groups is 2. The van der Waals surface area contributed by atoms with Gasteiger partial charge in [0.05, 0.1) is 17.8 Å². The normalized spacial score (nSPS) is 17.5. The van der Waals surface area contributed by atoms with Gasteiger partial charge in [-0.3, -0.25) is 14.6 Å². The summed E-state index contributed by atoms with van der Waals surface area (Å²) in [6.07, 6.45) is 1.58. The summed E-state index contributed by atoms with van der Waals surface area (Å²) in [5, 5.41) is 5.69. The van der Waals surface area contributed by atoms with Gasteiger partial charge in [0.25, 0.3) is 0 Å². The molecule has 0 spiro atoms. The van der Waals surface area contributed by atoms with Crippen molar-refractivity contribution < 1.29 is 19.1 Å². The lowest BCUT2D eigenvalue weighted by molar-refractivity contribution is -0.118. The second-order valence-corrected chi connectivity index (χ2v) is 7.13. The van der Waals surface area contributed by atoms with Crippen molar-refractivity contribution in [1.82, 2.24) is 0 Å². The minimum atomic E-state index is -0.110. The van der Waals surface area contributed by atoms with Gasteiger partial charge in [-0.1, -0.05) is 18.2 Å². The molecule has 0 radical (unpaired) electrons. The third-order valence-electron chi connectivity index (χ3n) is 5.28. The average molecular weight is 389 g/mol. The molecule has 0 N–H and O–H groups in total. The number of aliphatic imine (C=N–C) groups is 1. The minimum absolute atomic E-state index is 0.109. The molecule has 0 atom stereocenters. The van der Waals surface area contributed by atoms with Crippen LogP contribution in [0.4, 0.5) is 5.69 Å². The van der Waals surface area contributed by atoms with E-state index >= 15 is 0 Å². The first-order valence-electron chi connectivity index (χ1n) is 9.64. The summed E-state index contributed by atoms with van der Waals surface area (Å²) in [5.41, 5.74) is 3.85. The summed E-state index contributed by atoms with van der Waals surface area (Å²) in [6.45, 7) is 0.847. The summed E-state index contributed by atoms with van der Waals surface area (Å²) in [7, 11) is 0. The maximum atomic E-state index is 13.0. The predicted octanol–water partition coefficient (Wildman–Crippen LogP) is 2.90. The first-order valence-corrected chi connectivity index (χ1v) is 9.64. The van der Waals surface area contributed by atoms with Crippen LogP contribution in [-0.4, -0.2) is 36.5 Å². The van der Waals surface area contributed by atoms with Gasteiger partial charge in [0.2, 0.25) is 12.7 Å². The molecule has 0 aromatic heterocycles. The molecular formula is C22H19N3O4. The Balaban J connectivity index is 1.40. The summed E-state index contributed by atoms with van der Waals surface area (Å²) in [5.74, 6) is 1.20. The Hall–Kier alpha value is -3.48. The highest BCUT2D eigenvalue weighted by Gasteiger charge is 2.28. The number of amides is 1. The minimum Gasteiger partial charge on any atom is -0.454 e. The molecule has 146 valence electrons. The van der Waals surface area contributed by atoms with E-state index in [4.69, 9.17) is 9.47 Å². The maximum absolute atomic E-state index is 13.0. The fourth-order valence-electron chi connectivity index (χ4n) is 3.79. The molecule has 3 aliphatic rings. The molecule has 7 heteroatoms. The average Bonchev–Trinajstić information content (AvgIpc) is 3.21. The van der Waals surface area contributed by atoms with E-state index in [0.29, 0.717) is 30.1 Å². The van der Waals surface area contributed by atoms with E-state index in [1.807, 2.05) is 30.3 Å². The molecule has 0 saturated carbocycles. The van der Waals surface area contributed by atoms with Crippen molar-refractivity contribution in [2.45, 2.75) is 25.7 Å². The number of hydrogen-bond acceptors (Lipinski definition) is 6. The van der Waals surface area contributed by atoms with E-state index in [0.717, 1.165) is 29.0 Å². The zero-order chi connectivity index (χ0) is 19.8. The van der Waals surface area contributed by atoms with Crippen LogP contribution in [0.1, 0.15) is 30.4 Å². The molecule has 7 nitrogen and oxygen atoms in total. The summed E-state index contributed by atoms with van der Waals surface area (Å²) >= 11 is 0.